The maximum atomic E-state index is 13.6. The van der Waals surface area contributed by atoms with Crippen LogP contribution in [0.3, 0.4) is 0 Å². The summed E-state index contributed by atoms with van der Waals surface area (Å²) < 4.78 is 372. The molecular formula is C20H10F28N2O4. The Labute approximate surface area is 275 Å². The summed E-state index contributed by atoms with van der Waals surface area (Å²) in [5, 5.41) is 3.61. The number of ether oxygens (including phenoxy) is 2. The molecule has 2 unspecified atom stereocenters. The first-order valence-corrected chi connectivity index (χ1v) is 12.3. The van der Waals surface area contributed by atoms with Gasteiger partial charge in [-0.3, -0.25) is 0 Å². The lowest BCUT2D eigenvalue weighted by Crippen LogP contribution is -2.70. The zero-order valence-electron chi connectivity index (χ0n) is 24.1. The number of rotatable bonds is 16. The highest BCUT2D eigenvalue weighted by Gasteiger charge is 2.92. The van der Waals surface area contributed by atoms with E-state index in [0.717, 1.165) is 0 Å². The summed E-state index contributed by atoms with van der Waals surface area (Å²) in [6.07, 6.45) is -40.7. The Bertz CT molecular complexity index is 1250. The molecule has 0 aliphatic carbocycles. The molecule has 0 heterocycles. The Kier molecular flexibility index (Phi) is 14.0. The molecular weight excluding hydrogens is 864 g/mol. The van der Waals surface area contributed by atoms with E-state index in [2.05, 4.69) is 9.47 Å². The molecule has 320 valence electrons. The fourth-order valence-corrected chi connectivity index (χ4v) is 2.97. The lowest BCUT2D eigenvalue weighted by molar-refractivity contribution is -0.440. The Hall–Kier alpha value is -3.42. The zero-order valence-corrected chi connectivity index (χ0v) is 24.1. The maximum absolute atomic E-state index is 13.6. The molecule has 0 aromatic heterocycles. The summed E-state index contributed by atoms with van der Waals surface area (Å²) >= 11 is 0. The third-order valence-corrected chi connectivity index (χ3v) is 6.04. The van der Waals surface area contributed by atoms with Gasteiger partial charge >= 0.3 is 83.8 Å². The van der Waals surface area contributed by atoms with Gasteiger partial charge in [-0.15, -0.1) is 0 Å². The van der Waals surface area contributed by atoms with Crippen molar-refractivity contribution in [3.8, 4) is 0 Å². The molecule has 0 bridgehead atoms. The minimum Gasteiger partial charge on any atom is -0.412 e. The van der Waals surface area contributed by atoms with Crippen LogP contribution in [0.15, 0.2) is 10.2 Å². The van der Waals surface area contributed by atoms with Gasteiger partial charge in [-0.1, -0.05) is 10.2 Å². The number of hydrogen-bond acceptors (Lipinski definition) is 4. The molecule has 2 amide bonds. The first kappa shape index (κ1) is 50.6. The van der Waals surface area contributed by atoms with Crippen LogP contribution in [0, 0.1) is 0 Å². The molecule has 0 aliphatic rings. The number of alkyl halides is 28. The van der Waals surface area contributed by atoms with Gasteiger partial charge in [0.25, 0.3) is 0 Å². The van der Waals surface area contributed by atoms with Gasteiger partial charge in [0.1, 0.15) is 0 Å². The van der Waals surface area contributed by atoms with E-state index in [9.17, 15) is 133 Å². The Morgan fingerprint density at radius 3 is 0.778 bits per heavy atom. The predicted molar refractivity (Wildman–Crippen MR) is 108 cm³/mol. The topological polar surface area (TPSA) is 77.3 Å². The largest absolute Gasteiger partial charge is 0.460 e. The average Bonchev–Trinajstić information content (AvgIpc) is 2.96. The summed E-state index contributed by atoms with van der Waals surface area (Å²) in [6.45, 7) is 0. The van der Waals surface area contributed by atoms with Crippen LogP contribution in [0.5, 0.6) is 0 Å². The zero-order chi connectivity index (χ0) is 44.0. The number of hydrogen-bond donors (Lipinski definition) is 0. The smallest absolute Gasteiger partial charge is 0.412 e. The molecule has 0 spiro atoms. The van der Waals surface area contributed by atoms with Gasteiger partial charge in [0.2, 0.25) is 12.7 Å². The molecule has 0 saturated heterocycles. The summed E-state index contributed by atoms with van der Waals surface area (Å²) in [4.78, 5) is 22.3. The van der Waals surface area contributed by atoms with Crippen molar-refractivity contribution in [1.82, 2.24) is 0 Å². The van der Waals surface area contributed by atoms with E-state index < -0.39 is 122 Å². The lowest BCUT2D eigenvalue weighted by Gasteiger charge is -2.39. The Morgan fingerprint density at radius 2 is 0.574 bits per heavy atom. The highest BCUT2D eigenvalue weighted by atomic mass is 19.4. The van der Waals surface area contributed by atoms with Crippen molar-refractivity contribution in [2.45, 2.75) is 110 Å². The quantitative estimate of drug-likeness (QED) is 0.114. The van der Waals surface area contributed by atoms with E-state index in [-0.39, 0.29) is 0 Å². The second-order valence-corrected chi connectivity index (χ2v) is 9.86. The first-order valence-electron chi connectivity index (χ1n) is 12.3. The van der Waals surface area contributed by atoms with Crippen molar-refractivity contribution in [3.63, 3.8) is 0 Å². The van der Waals surface area contributed by atoms with Crippen molar-refractivity contribution in [2.75, 3.05) is 0 Å². The molecule has 0 fully saturated rings. The van der Waals surface area contributed by atoms with Gasteiger partial charge in [-0.25, -0.2) is 18.4 Å². The Morgan fingerprint density at radius 1 is 0.370 bits per heavy atom. The van der Waals surface area contributed by atoms with E-state index in [1.165, 1.54) is 0 Å². The number of carbonyl (C=O) groups excluding carboxylic acids is 2. The normalized spacial score (nSPS) is 16.7. The van der Waals surface area contributed by atoms with Crippen LogP contribution >= 0.6 is 0 Å². The summed E-state index contributed by atoms with van der Waals surface area (Å²) in [6, 6.07) is 0. The summed E-state index contributed by atoms with van der Waals surface area (Å²) in [5.41, 5.74) is 0. The monoisotopic (exact) mass is 874 g/mol. The molecule has 0 aliphatic heterocycles. The highest BCUT2D eigenvalue weighted by molar-refractivity contribution is 5.73. The van der Waals surface area contributed by atoms with Crippen LogP contribution in [-0.2, 0) is 9.47 Å². The number of halogens is 28. The van der Waals surface area contributed by atoms with Crippen molar-refractivity contribution in [2.24, 2.45) is 10.2 Å². The molecule has 0 N–H and O–H groups in total. The van der Waals surface area contributed by atoms with Crippen LogP contribution in [0.1, 0.15) is 25.7 Å². The van der Waals surface area contributed by atoms with Gasteiger partial charge in [-0.2, -0.15) is 114 Å². The molecule has 0 aromatic carbocycles. The fraction of sp³-hybridized carbons (Fsp3) is 0.900. The van der Waals surface area contributed by atoms with Crippen molar-refractivity contribution in [3.05, 3.63) is 0 Å². The van der Waals surface area contributed by atoms with Gasteiger partial charge in [0, 0.05) is 25.7 Å². The van der Waals surface area contributed by atoms with Crippen LogP contribution in [0.2, 0.25) is 0 Å². The molecule has 0 saturated carbocycles. The number of carbonyl (C=O) groups is 2. The number of amides is 2. The van der Waals surface area contributed by atoms with Crippen LogP contribution in [0.25, 0.3) is 0 Å². The first-order chi connectivity index (χ1) is 23.3. The minimum atomic E-state index is -8.32. The van der Waals surface area contributed by atoms with Gasteiger partial charge in [0.05, 0.1) is 0 Å². The third-order valence-electron chi connectivity index (χ3n) is 6.04. The fourth-order valence-electron chi connectivity index (χ4n) is 2.97. The lowest BCUT2D eigenvalue weighted by atomic mass is 9.92. The minimum absolute atomic E-state index is 1.81. The second kappa shape index (κ2) is 14.9. The van der Waals surface area contributed by atoms with Crippen LogP contribution in [-0.4, -0.2) is 96.5 Å². The average molecular weight is 874 g/mol. The molecule has 54 heavy (non-hydrogen) atoms. The Balaban J connectivity index is 5.52. The van der Waals surface area contributed by atoms with E-state index in [1.54, 1.807) is 10.2 Å². The predicted octanol–water partition coefficient (Wildman–Crippen LogP) is 11.3. The number of azo groups is 1. The van der Waals surface area contributed by atoms with E-state index in [1.807, 2.05) is 0 Å². The van der Waals surface area contributed by atoms with E-state index in [4.69, 9.17) is 0 Å². The van der Waals surface area contributed by atoms with Gasteiger partial charge in [0.15, 0.2) is 0 Å². The van der Waals surface area contributed by atoms with Gasteiger partial charge in [-0.05, 0) is 0 Å². The molecule has 2 atom stereocenters. The van der Waals surface area contributed by atoms with Gasteiger partial charge < -0.3 is 9.47 Å². The molecule has 0 aromatic rings. The second-order valence-electron chi connectivity index (χ2n) is 9.86. The maximum Gasteiger partial charge on any atom is 0.460 e. The highest BCUT2D eigenvalue weighted by Crippen LogP contribution is 2.62. The van der Waals surface area contributed by atoms with E-state index >= 15 is 0 Å². The van der Waals surface area contributed by atoms with Crippen molar-refractivity contribution in [1.29, 1.82) is 0 Å². The SMILES string of the molecule is O=C(N=NC(=O)OC(F)CCC(F)(F)C(F)(F)C(F)(F)C(F)(F)C(F)(F)C(F)(F)F)OC(F)CCC(F)(F)C(F)(F)C(F)(F)C(F)(F)C(F)(F)C(F)(F)F. The molecule has 0 rings (SSSR count). The standard InChI is InChI=1S/C20H10F28N2O4/c21-5(1-3-9(23,24)11(27,28)13(31,32)15(35,36)17(39,40)19(43,44)45)53-7(51)49-50-8(52)54-6(22)2-4-10(25,26)12(29,30)14(33,34)16(37,38)18(41,42)20(46,47)48/h5-6H,1-4H2. The van der Waals surface area contributed by atoms with Crippen molar-refractivity contribution < 1.29 is 142 Å². The van der Waals surface area contributed by atoms with Crippen LogP contribution in [0.4, 0.5) is 133 Å². The molecule has 34 heteroatoms. The van der Waals surface area contributed by atoms with E-state index in [0.29, 0.717) is 0 Å². The van der Waals surface area contributed by atoms with Crippen molar-refractivity contribution >= 4 is 12.2 Å². The van der Waals surface area contributed by atoms with Crippen LogP contribution < -0.4 is 0 Å². The summed E-state index contributed by atoms with van der Waals surface area (Å²) in [7, 11) is 0. The number of nitrogens with zero attached hydrogens (tertiary/aromatic N) is 2. The molecule has 0 radical (unpaired) electrons. The third kappa shape index (κ3) is 8.83. The molecule has 6 nitrogen and oxygen atoms in total. The summed E-state index contributed by atoms with van der Waals surface area (Å²) in [5.74, 6) is -78.9.